The quantitative estimate of drug-likeness (QED) is 0.499. The molecule has 1 atom stereocenters. The van der Waals surface area contributed by atoms with Gasteiger partial charge in [0, 0.05) is 77.2 Å². The van der Waals surface area contributed by atoms with Crippen molar-refractivity contribution in [2.75, 3.05) is 39.4 Å². The van der Waals surface area contributed by atoms with E-state index in [0.717, 1.165) is 70.6 Å². The first-order chi connectivity index (χ1) is 16.7. The smallest absolute Gasteiger partial charge is 0.224 e. The summed E-state index contributed by atoms with van der Waals surface area (Å²) in [6.45, 7) is 6.20. The maximum Gasteiger partial charge on any atom is 0.224 e. The summed E-state index contributed by atoms with van der Waals surface area (Å²) in [5.41, 5.74) is 8.12. The van der Waals surface area contributed by atoms with Gasteiger partial charge >= 0.3 is 0 Å². The van der Waals surface area contributed by atoms with Crippen LogP contribution in [-0.2, 0) is 17.7 Å². The normalized spacial score (nSPS) is 24.3. The van der Waals surface area contributed by atoms with Crippen molar-refractivity contribution in [3.05, 3.63) is 54.1 Å². The highest BCUT2D eigenvalue weighted by Crippen LogP contribution is 2.17. The van der Waals surface area contributed by atoms with Crippen LogP contribution < -0.4 is 16.4 Å². The fourth-order valence-corrected chi connectivity index (χ4v) is 4.62. The Bertz CT molecular complexity index is 964. The highest BCUT2D eigenvalue weighted by molar-refractivity contribution is 5.97. The van der Waals surface area contributed by atoms with Crippen molar-refractivity contribution < 1.29 is 4.74 Å². The number of nitrogens with one attached hydrogen (secondary N) is 3. The lowest BCUT2D eigenvalue weighted by Crippen LogP contribution is -2.64. The third-order valence-electron chi connectivity index (χ3n) is 6.62. The van der Waals surface area contributed by atoms with Gasteiger partial charge in [0.15, 0.2) is 5.79 Å². The summed E-state index contributed by atoms with van der Waals surface area (Å²) >= 11 is 0. The van der Waals surface area contributed by atoms with Crippen molar-refractivity contribution >= 4 is 11.9 Å². The Morgan fingerprint density at radius 1 is 1.12 bits per heavy atom. The molecule has 34 heavy (non-hydrogen) atoms. The molecular weight excluding hydrogens is 430 g/mol. The van der Waals surface area contributed by atoms with Gasteiger partial charge in [-0.25, -0.2) is 9.98 Å². The Morgan fingerprint density at radius 3 is 2.65 bits per heavy atom. The van der Waals surface area contributed by atoms with E-state index < -0.39 is 5.79 Å². The molecular formula is C24H35N9O. The second-order valence-corrected chi connectivity index (χ2v) is 9.24. The molecule has 3 aliphatic rings. The van der Waals surface area contributed by atoms with E-state index in [0.29, 0.717) is 24.8 Å². The lowest BCUT2D eigenvalue weighted by Gasteiger charge is -2.41. The molecule has 182 valence electrons. The molecule has 1 unspecified atom stereocenters. The summed E-state index contributed by atoms with van der Waals surface area (Å²) in [5.74, 6) is 1.36. The number of piperazine rings is 1. The predicted octanol–water partition coefficient (Wildman–Crippen LogP) is 0.856. The Labute approximate surface area is 200 Å². The minimum Gasteiger partial charge on any atom is -0.381 e. The first kappa shape index (κ1) is 22.8. The van der Waals surface area contributed by atoms with Crippen LogP contribution in [0.1, 0.15) is 30.7 Å². The molecule has 0 spiro atoms. The lowest BCUT2D eigenvalue weighted by atomic mass is 10.1. The average Bonchev–Trinajstić information content (AvgIpc) is 3.38. The molecule has 5 rings (SSSR count). The van der Waals surface area contributed by atoms with Gasteiger partial charge in [0.25, 0.3) is 0 Å². The molecule has 10 nitrogen and oxygen atoms in total. The zero-order valence-electron chi connectivity index (χ0n) is 19.6. The molecule has 0 aliphatic carbocycles. The maximum atomic E-state index is 6.77. The zero-order valence-corrected chi connectivity index (χ0v) is 19.6. The van der Waals surface area contributed by atoms with Crippen LogP contribution in [-0.4, -0.2) is 82.9 Å². The minimum absolute atomic E-state index is 0.299. The fourth-order valence-electron chi connectivity index (χ4n) is 4.62. The van der Waals surface area contributed by atoms with Crippen LogP contribution in [0.4, 0.5) is 0 Å². The highest BCUT2D eigenvalue weighted by atomic mass is 16.5. The van der Waals surface area contributed by atoms with E-state index in [1.807, 2.05) is 6.20 Å². The molecule has 0 bridgehead atoms. The number of rotatable bonds is 6. The molecule has 4 heterocycles. The van der Waals surface area contributed by atoms with Crippen LogP contribution in [0.25, 0.3) is 0 Å². The molecule has 1 aromatic heterocycles. The second kappa shape index (κ2) is 10.5. The summed E-state index contributed by atoms with van der Waals surface area (Å²) in [4.78, 5) is 21.9. The summed E-state index contributed by atoms with van der Waals surface area (Å²) in [7, 11) is 0. The van der Waals surface area contributed by atoms with Crippen LogP contribution in [0, 0.1) is 0 Å². The van der Waals surface area contributed by atoms with E-state index >= 15 is 0 Å². The van der Waals surface area contributed by atoms with E-state index in [2.05, 4.69) is 60.7 Å². The van der Waals surface area contributed by atoms with Gasteiger partial charge in [-0.1, -0.05) is 30.3 Å². The summed E-state index contributed by atoms with van der Waals surface area (Å²) in [5, 5.41) is 6.95. The molecule has 1 aromatic carbocycles. The largest absolute Gasteiger partial charge is 0.381 e. The number of guanidine groups is 2. The number of benzene rings is 1. The van der Waals surface area contributed by atoms with Gasteiger partial charge < -0.3 is 25.3 Å². The molecule has 10 heteroatoms. The first-order valence-electron chi connectivity index (χ1n) is 12.2. The average molecular weight is 466 g/mol. The van der Waals surface area contributed by atoms with Gasteiger partial charge in [0.05, 0.1) is 0 Å². The lowest BCUT2D eigenvalue weighted by molar-refractivity contribution is 0.0822. The molecule has 3 aliphatic heterocycles. The van der Waals surface area contributed by atoms with Gasteiger partial charge in [0.1, 0.15) is 5.82 Å². The SMILES string of the molecule is NC1(CCc2ncc[nH]2)N=C(NC2CCOCC2)N=C(N2CCN(Cc3ccccc3)CC2)N1. The summed E-state index contributed by atoms with van der Waals surface area (Å²) in [6.07, 6.45) is 6.78. The van der Waals surface area contributed by atoms with Crippen molar-refractivity contribution in [3.63, 3.8) is 0 Å². The number of hydrogen-bond acceptors (Lipinski definition) is 9. The molecule has 0 saturated carbocycles. The molecule has 5 N–H and O–H groups in total. The van der Waals surface area contributed by atoms with E-state index in [1.54, 1.807) is 6.20 Å². The molecule has 0 amide bonds. The second-order valence-electron chi connectivity index (χ2n) is 9.24. The van der Waals surface area contributed by atoms with Gasteiger partial charge in [-0.2, -0.15) is 4.99 Å². The standard InChI is InChI=1S/C24H35N9O/c25-24(9-6-21-26-10-11-27-21)30-22(28-20-7-16-34-17-8-20)29-23(31-24)33-14-12-32(13-15-33)18-19-4-2-1-3-5-19/h1-5,10-11,20H,6-9,12-18,25H2,(H,26,27)(H2,28,29,30,31). The maximum absolute atomic E-state index is 6.77. The summed E-state index contributed by atoms with van der Waals surface area (Å²) < 4.78 is 5.50. The van der Waals surface area contributed by atoms with Gasteiger partial charge in [-0.15, -0.1) is 0 Å². The Balaban J connectivity index is 1.25. The van der Waals surface area contributed by atoms with Crippen LogP contribution in [0.2, 0.25) is 0 Å². The first-order valence-corrected chi connectivity index (χ1v) is 12.2. The van der Waals surface area contributed by atoms with Crippen LogP contribution in [0.3, 0.4) is 0 Å². The van der Waals surface area contributed by atoms with E-state index in [4.69, 9.17) is 20.5 Å². The number of nitrogens with two attached hydrogens (primary N) is 1. The highest BCUT2D eigenvalue weighted by Gasteiger charge is 2.34. The number of nitrogens with zero attached hydrogens (tertiary/aromatic N) is 5. The van der Waals surface area contributed by atoms with Crippen molar-refractivity contribution in [1.29, 1.82) is 0 Å². The zero-order chi connectivity index (χ0) is 23.2. The minimum atomic E-state index is -0.946. The van der Waals surface area contributed by atoms with Crippen LogP contribution in [0.15, 0.2) is 52.7 Å². The van der Waals surface area contributed by atoms with Crippen molar-refractivity contribution in [3.8, 4) is 0 Å². The third kappa shape index (κ3) is 5.94. The van der Waals surface area contributed by atoms with Crippen molar-refractivity contribution in [1.82, 2.24) is 30.4 Å². The Hall–Kier alpha value is -2.95. The molecule has 2 saturated heterocycles. The molecule has 2 aromatic rings. The van der Waals surface area contributed by atoms with Crippen molar-refractivity contribution in [2.24, 2.45) is 15.7 Å². The molecule has 2 fully saturated rings. The Morgan fingerprint density at radius 2 is 1.91 bits per heavy atom. The van der Waals surface area contributed by atoms with Gasteiger partial charge in [-0.3, -0.25) is 10.6 Å². The summed E-state index contributed by atoms with van der Waals surface area (Å²) in [6, 6.07) is 10.9. The van der Waals surface area contributed by atoms with E-state index in [1.165, 1.54) is 5.56 Å². The number of imidazole rings is 1. The van der Waals surface area contributed by atoms with Gasteiger partial charge in [0.2, 0.25) is 11.9 Å². The van der Waals surface area contributed by atoms with Crippen molar-refractivity contribution in [2.45, 2.75) is 44.1 Å². The number of aliphatic imine (C=N–C) groups is 2. The Kier molecular flexibility index (Phi) is 7.08. The number of H-pyrrole nitrogens is 1. The number of ether oxygens (including phenoxy) is 1. The molecule has 0 radical (unpaired) electrons. The van der Waals surface area contributed by atoms with Crippen LogP contribution in [0.5, 0.6) is 0 Å². The van der Waals surface area contributed by atoms with Gasteiger partial charge in [-0.05, 0) is 18.4 Å². The number of aromatic nitrogens is 2. The van der Waals surface area contributed by atoms with E-state index in [9.17, 15) is 0 Å². The van der Waals surface area contributed by atoms with Crippen LogP contribution >= 0.6 is 0 Å². The van der Waals surface area contributed by atoms with E-state index in [-0.39, 0.29) is 0 Å². The fraction of sp³-hybridized carbons (Fsp3) is 0.542. The topological polar surface area (TPSA) is 119 Å². The number of hydrogen-bond donors (Lipinski definition) is 4. The monoisotopic (exact) mass is 465 g/mol. The third-order valence-corrected chi connectivity index (χ3v) is 6.62. The number of aromatic amines is 1. The number of aryl methyl sites for hydroxylation is 1. The predicted molar refractivity (Wildman–Crippen MR) is 132 cm³/mol.